The first-order valence-corrected chi connectivity index (χ1v) is 10.9. The minimum Gasteiger partial charge on any atom is -0.404 e. The molecule has 0 aliphatic carbocycles. The van der Waals surface area contributed by atoms with Crippen molar-refractivity contribution in [1.29, 1.82) is 0 Å². The van der Waals surface area contributed by atoms with Crippen molar-refractivity contribution >= 4 is 23.0 Å². The summed E-state index contributed by atoms with van der Waals surface area (Å²) in [5.41, 5.74) is 4.26. The molecule has 12 nitrogen and oxygen atoms in total. The topological polar surface area (TPSA) is 151 Å². The van der Waals surface area contributed by atoms with Gasteiger partial charge >= 0.3 is 11.9 Å². The van der Waals surface area contributed by atoms with Gasteiger partial charge in [-0.05, 0) is 28.8 Å². The summed E-state index contributed by atoms with van der Waals surface area (Å²) in [6.45, 7) is 4.67. The summed E-state index contributed by atoms with van der Waals surface area (Å²) in [4.78, 5) is 27.9. The van der Waals surface area contributed by atoms with Crippen molar-refractivity contribution in [3.8, 4) is 34.3 Å². The largest absolute Gasteiger partial charge is 0.404 e. The van der Waals surface area contributed by atoms with E-state index in [0.717, 1.165) is 22.3 Å². The number of aryl methyl sites for hydroxylation is 1. The maximum absolute atomic E-state index is 11.8. The number of nitrogens with one attached hydrogen (secondary N) is 1. The summed E-state index contributed by atoms with van der Waals surface area (Å²) in [6.07, 6.45) is 0. The SMILES string of the molecule is CC(=O)Oc1nnc(OC(C)=O)c2c1nc(C)n2Cc1ccccc1-c1ccccc1-c1nn[nH]n1. The Morgan fingerprint density at radius 2 is 1.50 bits per heavy atom. The molecule has 5 aromatic rings. The van der Waals surface area contributed by atoms with Crippen LogP contribution in [-0.2, 0) is 16.1 Å². The zero-order valence-electron chi connectivity index (χ0n) is 19.6. The van der Waals surface area contributed by atoms with Gasteiger partial charge in [0, 0.05) is 19.4 Å². The van der Waals surface area contributed by atoms with Crippen LogP contribution in [0.3, 0.4) is 0 Å². The smallest absolute Gasteiger partial charge is 0.309 e. The van der Waals surface area contributed by atoms with E-state index in [9.17, 15) is 9.59 Å². The fraction of sp³-hybridized carbons (Fsp3) is 0.167. The second-order valence-electron chi connectivity index (χ2n) is 7.88. The first-order valence-electron chi connectivity index (χ1n) is 10.9. The lowest BCUT2D eigenvalue weighted by Crippen LogP contribution is -2.10. The van der Waals surface area contributed by atoms with Gasteiger partial charge in [-0.15, -0.1) is 20.4 Å². The van der Waals surface area contributed by atoms with Gasteiger partial charge in [0.2, 0.25) is 5.82 Å². The third kappa shape index (κ3) is 4.27. The molecule has 0 aliphatic heterocycles. The molecule has 0 atom stereocenters. The van der Waals surface area contributed by atoms with Crippen LogP contribution in [0.2, 0.25) is 0 Å². The molecule has 0 amide bonds. The van der Waals surface area contributed by atoms with Gasteiger partial charge in [-0.25, -0.2) is 4.98 Å². The predicted molar refractivity (Wildman–Crippen MR) is 127 cm³/mol. The molecule has 1 N–H and O–H groups in total. The van der Waals surface area contributed by atoms with Crippen molar-refractivity contribution in [2.75, 3.05) is 0 Å². The number of aromatic nitrogens is 8. The lowest BCUT2D eigenvalue weighted by atomic mass is 9.95. The number of hydrogen-bond acceptors (Lipinski definition) is 10. The average Bonchev–Trinajstić information content (AvgIpc) is 3.50. The number of rotatable bonds is 6. The molecule has 36 heavy (non-hydrogen) atoms. The number of tetrazole rings is 1. The van der Waals surface area contributed by atoms with Crippen LogP contribution in [0, 0.1) is 6.92 Å². The van der Waals surface area contributed by atoms with Gasteiger partial charge in [-0.2, -0.15) is 5.21 Å². The molecule has 0 fully saturated rings. The van der Waals surface area contributed by atoms with E-state index in [1.165, 1.54) is 13.8 Å². The van der Waals surface area contributed by atoms with E-state index in [2.05, 4.69) is 35.8 Å². The average molecular weight is 484 g/mol. The summed E-state index contributed by atoms with van der Waals surface area (Å²) in [7, 11) is 0. The highest BCUT2D eigenvalue weighted by atomic mass is 16.6. The monoisotopic (exact) mass is 484 g/mol. The van der Waals surface area contributed by atoms with Gasteiger partial charge in [0.05, 0.1) is 6.54 Å². The molecule has 3 heterocycles. The van der Waals surface area contributed by atoms with Crippen LogP contribution in [0.1, 0.15) is 25.2 Å². The Bertz CT molecular complexity index is 1590. The summed E-state index contributed by atoms with van der Waals surface area (Å²) < 4.78 is 12.4. The molecule has 0 saturated heterocycles. The van der Waals surface area contributed by atoms with Gasteiger partial charge in [-0.1, -0.05) is 48.5 Å². The van der Waals surface area contributed by atoms with E-state index in [1.807, 2.05) is 53.1 Å². The Morgan fingerprint density at radius 3 is 2.19 bits per heavy atom. The van der Waals surface area contributed by atoms with Crippen LogP contribution >= 0.6 is 0 Å². The molecule has 2 aromatic carbocycles. The van der Waals surface area contributed by atoms with Gasteiger partial charge in [0.25, 0.3) is 11.8 Å². The maximum atomic E-state index is 11.8. The zero-order valence-corrected chi connectivity index (χ0v) is 19.6. The van der Waals surface area contributed by atoms with Gasteiger partial charge in [-0.3, -0.25) is 9.59 Å². The normalized spacial score (nSPS) is 11.0. The number of ether oxygens (including phenoxy) is 2. The van der Waals surface area contributed by atoms with Crippen LogP contribution < -0.4 is 9.47 Å². The minimum absolute atomic E-state index is 0.0290. The number of fused-ring (bicyclic) bond motifs is 1. The minimum atomic E-state index is -0.568. The van der Waals surface area contributed by atoms with E-state index >= 15 is 0 Å². The van der Waals surface area contributed by atoms with Gasteiger partial charge < -0.3 is 14.0 Å². The molecule has 5 rings (SSSR count). The van der Waals surface area contributed by atoms with Crippen LogP contribution in [0.15, 0.2) is 48.5 Å². The van der Waals surface area contributed by atoms with E-state index in [1.54, 1.807) is 6.92 Å². The maximum Gasteiger partial charge on any atom is 0.309 e. The highest BCUT2D eigenvalue weighted by molar-refractivity contribution is 5.89. The molecule has 0 saturated carbocycles. The molecule has 0 aliphatic rings. The predicted octanol–water partition coefficient (Wildman–Crippen LogP) is 2.88. The summed E-state index contributed by atoms with van der Waals surface area (Å²) in [6, 6.07) is 15.6. The number of aromatic amines is 1. The molecule has 0 unspecified atom stereocenters. The number of H-pyrrole nitrogens is 1. The Morgan fingerprint density at radius 1 is 0.861 bits per heavy atom. The number of esters is 2. The number of hydrogen-bond donors (Lipinski definition) is 1. The standard InChI is InChI=1S/C24H20N8O4/c1-13-25-20-21(24(36-15(3)34)29-28-23(20)35-14(2)33)32(13)12-16-8-4-5-9-17(16)18-10-6-7-11-19(18)22-26-30-31-27-22/h4-11H,12H2,1-3H3,(H,26,27,30,31). The van der Waals surface area contributed by atoms with Crippen LogP contribution in [0.4, 0.5) is 0 Å². The van der Waals surface area contributed by atoms with E-state index in [4.69, 9.17) is 9.47 Å². The Labute approximate surface area is 204 Å². The molecule has 180 valence electrons. The fourth-order valence-electron chi connectivity index (χ4n) is 4.00. The first kappa shape index (κ1) is 22.8. The number of imidazole rings is 1. The number of carbonyl (C=O) groups excluding carboxylic acids is 2. The first-order chi connectivity index (χ1) is 17.4. The molecule has 0 spiro atoms. The number of carbonyl (C=O) groups is 2. The molecule has 0 bridgehead atoms. The molecular formula is C24H20N8O4. The summed E-state index contributed by atoms with van der Waals surface area (Å²) in [5, 5.41) is 22.3. The quantitative estimate of drug-likeness (QED) is 0.356. The van der Waals surface area contributed by atoms with Crippen molar-refractivity contribution in [1.82, 2.24) is 40.4 Å². The Kier molecular flexibility index (Phi) is 5.90. The van der Waals surface area contributed by atoms with Crippen molar-refractivity contribution in [3.05, 3.63) is 59.9 Å². The van der Waals surface area contributed by atoms with Gasteiger partial charge in [0.1, 0.15) is 11.3 Å². The van der Waals surface area contributed by atoms with E-state index < -0.39 is 11.9 Å². The highest BCUT2D eigenvalue weighted by Crippen LogP contribution is 2.35. The zero-order chi connectivity index (χ0) is 25.2. The Balaban J connectivity index is 1.67. The molecule has 0 radical (unpaired) electrons. The summed E-state index contributed by atoms with van der Waals surface area (Å²) >= 11 is 0. The molecule has 12 heteroatoms. The van der Waals surface area contributed by atoms with Crippen molar-refractivity contribution in [2.45, 2.75) is 27.3 Å². The molecule has 3 aromatic heterocycles. The van der Waals surface area contributed by atoms with Crippen molar-refractivity contribution < 1.29 is 19.1 Å². The fourth-order valence-corrected chi connectivity index (χ4v) is 4.00. The number of benzene rings is 2. The lowest BCUT2D eigenvalue weighted by molar-refractivity contribution is -0.133. The second kappa shape index (κ2) is 9.33. The summed E-state index contributed by atoms with van der Waals surface area (Å²) in [5.74, 6) is -0.164. The van der Waals surface area contributed by atoms with Crippen LogP contribution in [-0.4, -0.2) is 52.3 Å². The van der Waals surface area contributed by atoms with E-state index in [0.29, 0.717) is 23.7 Å². The highest BCUT2D eigenvalue weighted by Gasteiger charge is 2.23. The van der Waals surface area contributed by atoms with Gasteiger partial charge in [0.15, 0.2) is 5.52 Å². The Hall–Kier alpha value is -5.00. The molecular weight excluding hydrogens is 464 g/mol. The second-order valence-corrected chi connectivity index (χ2v) is 7.88. The van der Waals surface area contributed by atoms with Crippen molar-refractivity contribution in [3.63, 3.8) is 0 Å². The van der Waals surface area contributed by atoms with Crippen LogP contribution in [0.5, 0.6) is 11.8 Å². The third-order valence-corrected chi connectivity index (χ3v) is 5.43. The lowest BCUT2D eigenvalue weighted by Gasteiger charge is -2.15. The van der Waals surface area contributed by atoms with Crippen molar-refractivity contribution in [2.24, 2.45) is 0 Å². The third-order valence-electron chi connectivity index (χ3n) is 5.43. The van der Waals surface area contributed by atoms with Crippen LogP contribution in [0.25, 0.3) is 33.5 Å². The van der Waals surface area contributed by atoms with E-state index in [-0.39, 0.29) is 17.3 Å². The number of nitrogens with zero attached hydrogens (tertiary/aromatic N) is 7.